The molecule has 4 aromatic rings. The topological polar surface area (TPSA) is 0 Å². The quantitative estimate of drug-likeness (QED) is 0.170. The van der Waals surface area contributed by atoms with Crippen molar-refractivity contribution in [2.45, 2.75) is 151 Å². The van der Waals surface area contributed by atoms with Crippen molar-refractivity contribution in [3.63, 3.8) is 0 Å². The number of rotatable bonds is 6. The molecule has 0 aliphatic heterocycles. The summed E-state index contributed by atoms with van der Waals surface area (Å²) in [6, 6.07) is 30.5. The van der Waals surface area contributed by atoms with Gasteiger partial charge in [0.2, 0.25) is 0 Å². The van der Waals surface area contributed by atoms with Crippen LogP contribution in [0.5, 0.6) is 0 Å². The van der Waals surface area contributed by atoms with E-state index in [1.807, 2.05) is 0 Å². The van der Waals surface area contributed by atoms with Crippen LogP contribution in [0, 0.1) is 0 Å². The van der Waals surface area contributed by atoms with Crippen LogP contribution in [0.4, 0.5) is 0 Å². The summed E-state index contributed by atoms with van der Waals surface area (Å²) in [7, 11) is -2.98. The zero-order valence-corrected chi connectivity index (χ0v) is 42.2. The molecule has 3 heteroatoms. The van der Waals surface area contributed by atoms with Gasteiger partial charge in [-0.1, -0.05) is 0 Å². The maximum atomic E-state index is 2.63. The van der Waals surface area contributed by atoms with Crippen LogP contribution in [0.15, 0.2) is 72.8 Å². The average molecular weight is 843 g/mol. The van der Waals surface area contributed by atoms with Crippen molar-refractivity contribution in [3.8, 4) is 0 Å². The van der Waals surface area contributed by atoms with E-state index in [4.69, 9.17) is 0 Å². The van der Waals surface area contributed by atoms with Gasteiger partial charge in [-0.3, -0.25) is 0 Å². The van der Waals surface area contributed by atoms with Gasteiger partial charge in [-0.2, -0.15) is 0 Å². The molecule has 2 aliphatic rings. The molecule has 290 valence electrons. The van der Waals surface area contributed by atoms with Crippen molar-refractivity contribution in [1.82, 2.24) is 0 Å². The van der Waals surface area contributed by atoms with Gasteiger partial charge in [0, 0.05) is 0 Å². The molecule has 2 atom stereocenters. The summed E-state index contributed by atoms with van der Waals surface area (Å²) < 4.78 is 0.919. The van der Waals surface area contributed by atoms with E-state index in [1.165, 1.54) is 44.5 Å². The van der Waals surface area contributed by atoms with Crippen LogP contribution in [-0.4, -0.2) is 16.1 Å². The van der Waals surface area contributed by atoms with E-state index >= 15 is 0 Å². The van der Waals surface area contributed by atoms with Crippen LogP contribution >= 0.6 is 0 Å². The molecule has 0 N–H and O–H groups in total. The molecule has 4 aromatic carbocycles. The zero-order valence-electron chi connectivity index (χ0n) is 37.7. The predicted octanol–water partition coefficient (Wildman–Crippen LogP) is 13.9. The van der Waals surface area contributed by atoms with Crippen LogP contribution in [0.25, 0.3) is 23.3 Å². The van der Waals surface area contributed by atoms with Gasteiger partial charge in [-0.15, -0.1) is 0 Å². The summed E-state index contributed by atoms with van der Waals surface area (Å²) in [5, 5.41) is 3.12. The molecule has 0 amide bonds. The van der Waals surface area contributed by atoms with Crippen molar-refractivity contribution in [2.75, 3.05) is 0 Å². The standard InChI is InChI=1S/2C26H35Si.Zr/c2*1-25(2,3)22-14-21(15-23(17-22)26(4,5)6)19-12-18-10-11-24(27(7,8)9)16-20(18)13-19;/h2*10-17H,1-9H3;. The molecule has 2 unspecified atom stereocenters. The molecular weight excluding hydrogens is 772 g/mol. The number of hydrogen-bond acceptors (Lipinski definition) is 0. The minimum atomic E-state index is -1.49. The van der Waals surface area contributed by atoms with Gasteiger partial charge in [0.15, 0.2) is 0 Å². The van der Waals surface area contributed by atoms with Crippen molar-refractivity contribution in [1.29, 1.82) is 0 Å². The summed E-state index contributed by atoms with van der Waals surface area (Å²) in [6.07, 6.45) is 5.26. The van der Waals surface area contributed by atoms with E-state index in [-0.39, 0.29) is 21.7 Å². The first-order valence-electron chi connectivity index (χ1n) is 20.8. The minimum absolute atomic E-state index is 0.0692. The molecule has 0 aromatic heterocycles. The Morgan fingerprint density at radius 1 is 0.400 bits per heavy atom. The number of fused-ring (bicyclic) bond motifs is 2. The summed E-state index contributed by atoms with van der Waals surface area (Å²) in [6.45, 7) is 43.5. The van der Waals surface area contributed by atoms with E-state index in [0.29, 0.717) is 7.25 Å². The Balaban J connectivity index is 1.59. The first-order chi connectivity index (χ1) is 25.0. The van der Waals surface area contributed by atoms with Crippen LogP contribution < -0.4 is 10.4 Å². The van der Waals surface area contributed by atoms with Crippen LogP contribution in [0.3, 0.4) is 0 Å². The van der Waals surface area contributed by atoms with Gasteiger partial charge < -0.3 is 0 Å². The molecule has 0 saturated heterocycles. The van der Waals surface area contributed by atoms with Gasteiger partial charge in [-0.25, -0.2) is 0 Å². The Kier molecular flexibility index (Phi) is 10.9. The molecule has 6 rings (SSSR count). The summed E-state index contributed by atoms with van der Waals surface area (Å²) in [5.74, 6) is 0. The Morgan fingerprint density at radius 3 is 0.945 bits per heavy atom. The van der Waals surface area contributed by atoms with Crippen LogP contribution in [-0.2, 0) is 44.9 Å². The Morgan fingerprint density at radius 2 is 0.691 bits per heavy atom. The van der Waals surface area contributed by atoms with Crippen LogP contribution in [0.1, 0.15) is 146 Å². The van der Waals surface area contributed by atoms with Gasteiger partial charge >= 0.3 is 353 Å². The van der Waals surface area contributed by atoms with Crippen molar-refractivity contribution in [2.24, 2.45) is 0 Å². The SMILES string of the molecule is CC(C)(C)c1cc(C2=Cc3cc([Si](C)(C)C)ccc3[CH]2[Zr][CH]2C(c3cc(C(C)(C)C)cc(C(C)(C)C)c3)=Cc3cc([Si](C)(C)C)ccc32)cc(C(C)(C)C)c1. The normalized spacial score (nSPS) is 17.9. The molecule has 0 bridgehead atoms. The number of benzene rings is 4. The molecule has 0 nitrogen and oxygen atoms in total. The van der Waals surface area contributed by atoms with Crippen molar-refractivity contribution in [3.05, 3.63) is 128 Å². The van der Waals surface area contributed by atoms with E-state index in [2.05, 4.69) is 207 Å². The summed E-state index contributed by atoms with van der Waals surface area (Å²) in [4.78, 5) is 0. The molecule has 0 spiro atoms. The first-order valence-corrected chi connectivity index (χ1v) is 30.7. The van der Waals surface area contributed by atoms with Gasteiger partial charge in [-0.05, 0) is 0 Å². The fourth-order valence-corrected chi connectivity index (χ4v) is 15.5. The molecule has 55 heavy (non-hydrogen) atoms. The monoisotopic (exact) mass is 840 g/mol. The Bertz CT molecular complexity index is 1970. The van der Waals surface area contributed by atoms with Crippen molar-refractivity contribution < 1.29 is 23.2 Å². The molecule has 0 saturated carbocycles. The second-order valence-corrected chi connectivity index (χ2v) is 36.8. The molecule has 0 fully saturated rings. The van der Waals surface area contributed by atoms with Crippen molar-refractivity contribution >= 4 is 49.8 Å². The van der Waals surface area contributed by atoms with Gasteiger partial charge in [0.25, 0.3) is 0 Å². The van der Waals surface area contributed by atoms with E-state index < -0.39 is 39.4 Å². The Labute approximate surface area is 350 Å². The van der Waals surface area contributed by atoms with Gasteiger partial charge in [0.05, 0.1) is 0 Å². The Hall–Kier alpha value is -2.32. The third-order valence-electron chi connectivity index (χ3n) is 12.1. The van der Waals surface area contributed by atoms with E-state index in [0.717, 1.165) is 0 Å². The third kappa shape index (κ3) is 8.90. The zero-order chi connectivity index (χ0) is 40.8. The number of allylic oxidation sites excluding steroid dienone is 2. The second kappa shape index (κ2) is 14.2. The average Bonchev–Trinajstić information content (AvgIpc) is 3.59. The molecular formula is C52H70Si2Zr. The summed E-state index contributed by atoms with van der Waals surface area (Å²) >= 11 is -1.25. The van der Waals surface area contributed by atoms with Crippen LogP contribution in [0.2, 0.25) is 39.3 Å². The van der Waals surface area contributed by atoms with Gasteiger partial charge in [0.1, 0.15) is 0 Å². The van der Waals surface area contributed by atoms with E-state index in [1.54, 1.807) is 32.6 Å². The fourth-order valence-electron chi connectivity index (χ4n) is 8.04. The summed E-state index contributed by atoms with van der Waals surface area (Å²) in [5.41, 5.74) is 18.2. The second-order valence-electron chi connectivity index (χ2n) is 23.0. The maximum absolute atomic E-state index is 2.63. The molecule has 2 aliphatic carbocycles. The molecule has 0 radical (unpaired) electrons. The first kappa shape index (κ1) is 42.3. The number of hydrogen-bond donors (Lipinski definition) is 0. The predicted molar refractivity (Wildman–Crippen MR) is 248 cm³/mol. The fraction of sp³-hybridized carbons (Fsp3) is 0.462. The third-order valence-corrected chi connectivity index (χ3v) is 20.9. The van der Waals surface area contributed by atoms with E-state index in [9.17, 15) is 0 Å². The molecule has 0 heterocycles.